The molecule has 0 fully saturated rings. The highest BCUT2D eigenvalue weighted by Gasteiger charge is 2.31. The van der Waals surface area contributed by atoms with Crippen LogP contribution in [0.25, 0.3) is 0 Å². The first-order chi connectivity index (χ1) is 10.5. The van der Waals surface area contributed by atoms with E-state index in [1.54, 1.807) is 6.21 Å². The van der Waals surface area contributed by atoms with Crippen molar-refractivity contribution in [1.29, 1.82) is 0 Å². The van der Waals surface area contributed by atoms with Crippen LogP contribution in [0.1, 0.15) is 22.3 Å². The van der Waals surface area contributed by atoms with Crippen molar-refractivity contribution in [3.63, 3.8) is 0 Å². The zero-order valence-electron chi connectivity index (χ0n) is 12.0. The highest BCUT2D eigenvalue weighted by Crippen LogP contribution is 2.28. The van der Waals surface area contributed by atoms with Gasteiger partial charge in [-0.05, 0) is 18.1 Å². The lowest BCUT2D eigenvalue weighted by atomic mass is 10.1. The Balaban J connectivity index is 2.00. The van der Waals surface area contributed by atoms with E-state index < -0.39 is 12.6 Å². The van der Waals surface area contributed by atoms with Crippen molar-refractivity contribution in [3.8, 4) is 0 Å². The first kappa shape index (κ1) is 15.9. The number of alkyl halides is 3. The molecule has 0 bridgehead atoms. The smallest absolute Gasteiger partial charge is 0.244 e. The zero-order valence-corrected chi connectivity index (χ0v) is 12.0. The minimum atomic E-state index is -3.45. The predicted octanol–water partition coefficient (Wildman–Crippen LogP) is 4.51. The van der Waals surface area contributed by atoms with Gasteiger partial charge in [-0.1, -0.05) is 54.1 Å². The molecule has 2 aromatic carbocycles. The van der Waals surface area contributed by atoms with Crippen molar-refractivity contribution >= 4 is 12.4 Å². The van der Waals surface area contributed by atoms with Gasteiger partial charge in [-0.15, -0.1) is 0 Å². The fraction of sp³-hybridized carbons (Fsp3) is 0.176. The molecule has 0 aliphatic heterocycles. The Bertz CT molecular complexity index is 659. The lowest BCUT2D eigenvalue weighted by Crippen LogP contribution is -2.15. The average molecular weight is 304 g/mol. The Morgan fingerprint density at radius 3 is 1.77 bits per heavy atom. The van der Waals surface area contributed by atoms with Gasteiger partial charge in [0.25, 0.3) is 0 Å². The van der Waals surface area contributed by atoms with Gasteiger partial charge in [-0.2, -0.15) is 19.0 Å². The Morgan fingerprint density at radius 1 is 0.864 bits per heavy atom. The number of benzene rings is 2. The minimum absolute atomic E-state index is 0.352. The van der Waals surface area contributed by atoms with Gasteiger partial charge in [0.2, 0.25) is 0 Å². The van der Waals surface area contributed by atoms with Crippen molar-refractivity contribution in [3.05, 3.63) is 70.8 Å². The van der Waals surface area contributed by atoms with Crippen LogP contribution in [0, 0.1) is 6.92 Å². The first-order valence-electron chi connectivity index (χ1n) is 6.69. The molecule has 114 valence electrons. The van der Waals surface area contributed by atoms with Gasteiger partial charge in [-0.3, -0.25) is 0 Å². The van der Waals surface area contributed by atoms with Crippen LogP contribution in [-0.4, -0.2) is 19.1 Å². The van der Waals surface area contributed by atoms with E-state index in [2.05, 4.69) is 10.2 Å². The molecule has 0 atom stereocenters. The third kappa shape index (κ3) is 4.28. The molecule has 2 nitrogen and oxygen atoms in total. The van der Waals surface area contributed by atoms with E-state index in [1.165, 1.54) is 30.5 Å². The maximum absolute atomic E-state index is 13.1. The summed E-state index contributed by atoms with van der Waals surface area (Å²) in [5, 5.41) is 7.74. The maximum Gasteiger partial charge on any atom is 0.301 e. The molecule has 0 amide bonds. The number of nitrogens with zero attached hydrogens (tertiary/aromatic N) is 2. The van der Waals surface area contributed by atoms with Crippen LogP contribution in [-0.2, 0) is 5.92 Å². The van der Waals surface area contributed by atoms with E-state index in [4.69, 9.17) is 0 Å². The van der Waals surface area contributed by atoms with Gasteiger partial charge >= 0.3 is 5.92 Å². The number of aryl methyl sites for hydroxylation is 1. The van der Waals surface area contributed by atoms with Crippen LogP contribution in [0.5, 0.6) is 0 Å². The molecule has 22 heavy (non-hydrogen) atoms. The van der Waals surface area contributed by atoms with Gasteiger partial charge < -0.3 is 0 Å². The summed E-state index contributed by atoms with van der Waals surface area (Å²) in [6.45, 7) is 0.288. The second-order valence-corrected chi connectivity index (χ2v) is 4.86. The molecular formula is C17H15F3N2. The largest absolute Gasteiger partial charge is 0.301 e. The number of rotatable bonds is 5. The van der Waals surface area contributed by atoms with Crippen LogP contribution >= 0.6 is 0 Å². The standard InChI is InChI=1S/C17H15F3N2/c1-13-2-4-14(5-3-13)10-21-22-11-15-6-8-16(9-7-15)17(19,20)12-18/h2-11H,12H2,1H3/b21-10+,22-11+. The summed E-state index contributed by atoms with van der Waals surface area (Å²) in [5.41, 5.74) is 2.33. The first-order valence-corrected chi connectivity index (χ1v) is 6.69. The SMILES string of the molecule is Cc1ccc(/C=N/N=C/c2ccc(C(F)(F)CF)cc2)cc1. The summed E-state index contributed by atoms with van der Waals surface area (Å²) < 4.78 is 38.4. The van der Waals surface area contributed by atoms with Gasteiger partial charge in [0.05, 0.1) is 12.4 Å². The van der Waals surface area contributed by atoms with Crippen LogP contribution in [0.15, 0.2) is 58.7 Å². The van der Waals surface area contributed by atoms with Gasteiger partial charge in [0.1, 0.15) is 0 Å². The van der Waals surface area contributed by atoms with E-state index in [9.17, 15) is 13.2 Å². The molecule has 0 spiro atoms. The fourth-order valence-corrected chi connectivity index (χ4v) is 1.74. The molecule has 0 N–H and O–H groups in total. The molecule has 0 radical (unpaired) electrons. The Labute approximate surface area is 127 Å². The summed E-state index contributed by atoms with van der Waals surface area (Å²) in [6, 6.07) is 13.0. The molecule has 0 aliphatic carbocycles. The molecule has 2 aromatic rings. The highest BCUT2D eigenvalue weighted by atomic mass is 19.3. The minimum Gasteiger partial charge on any atom is -0.244 e. The second-order valence-electron chi connectivity index (χ2n) is 4.86. The van der Waals surface area contributed by atoms with E-state index >= 15 is 0 Å². The van der Waals surface area contributed by atoms with E-state index in [1.807, 2.05) is 31.2 Å². The molecule has 0 saturated heterocycles. The zero-order chi connectivity index (χ0) is 16.0. The molecule has 0 unspecified atom stereocenters. The lowest BCUT2D eigenvalue weighted by Gasteiger charge is -2.11. The van der Waals surface area contributed by atoms with Crippen LogP contribution in [0.4, 0.5) is 13.2 Å². The summed E-state index contributed by atoms with van der Waals surface area (Å²) in [7, 11) is 0. The Hall–Kier alpha value is -2.43. The summed E-state index contributed by atoms with van der Waals surface area (Å²) in [6.07, 6.45) is 3.05. The number of halogens is 3. The highest BCUT2D eigenvalue weighted by molar-refractivity contribution is 5.82. The van der Waals surface area contributed by atoms with E-state index in [-0.39, 0.29) is 5.56 Å². The third-order valence-electron chi connectivity index (χ3n) is 3.06. The molecule has 0 aromatic heterocycles. The van der Waals surface area contributed by atoms with E-state index in [0.29, 0.717) is 5.56 Å². The quantitative estimate of drug-likeness (QED) is 0.573. The van der Waals surface area contributed by atoms with Crippen LogP contribution < -0.4 is 0 Å². The van der Waals surface area contributed by atoms with Crippen LogP contribution in [0.3, 0.4) is 0 Å². The van der Waals surface area contributed by atoms with Crippen molar-refractivity contribution in [2.75, 3.05) is 6.67 Å². The maximum atomic E-state index is 13.1. The van der Waals surface area contributed by atoms with E-state index in [0.717, 1.165) is 11.1 Å². The van der Waals surface area contributed by atoms with Crippen molar-refractivity contribution in [2.45, 2.75) is 12.8 Å². The van der Waals surface area contributed by atoms with Crippen molar-refractivity contribution in [2.24, 2.45) is 10.2 Å². The number of hydrogen-bond donors (Lipinski definition) is 0. The summed E-state index contributed by atoms with van der Waals surface area (Å²) in [5.74, 6) is -3.45. The van der Waals surface area contributed by atoms with Gasteiger partial charge in [0, 0.05) is 5.56 Å². The fourth-order valence-electron chi connectivity index (χ4n) is 1.74. The van der Waals surface area contributed by atoms with Crippen molar-refractivity contribution < 1.29 is 13.2 Å². The molecule has 5 heteroatoms. The molecule has 0 aliphatic rings. The Kier molecular flexibility index (Phi) is 5.09. The molecule has 2 rings (SSSR count). The van der Waals surface area contributed by atoms with Crippen LogP contribution in [0.2, 0.25) is 0 Å². The van der Waals surface area contributed by atoms with Gasteiger partial charge in [0.15, 0.2) is 6.67 Å². The summed E-state index contributed by atoms with van der Waals surface area (Å²) in [4.78, 5) is 0. The summed E-state index contributed by atoms with van der Waals surface area (Å²) >= 11 is 0. The second kappa shape index (κ2) is 7.02. The molecule has 0 heterocycles. The average Bonchev–Trinajstić information content (AvgIpc) is 2.54. The number of hydrogen-bond acceptors (Lipinski definition) is 2. The third-order valence-corrected chi connectivity index (χ3v) is 3.06. The molecule has 0 saturated carbocycles. The Morgan fingerprint density at radius 2 is 1.32 bits per heavy atom. The van der Waals surface area contributed by atoms with Gasteiger partial charge in [-0.25, -0.2) is 4.39 Å². The van der Waals surface area contributed by atoms with Crippen molar-refractivity contribution in [1.82, 2.24) is 0 Å². The predicted molar refractivity (Wildman–Crippen MR) is 82.7 cm³/mol. The normalized spacial score (nSPS) is 12.4. The monoisotopic (exact) mass is 304 g/mol. The topological polar surface area (TPSA) is 24.7 Å². The lowest BCUT2D eigenvalue weighted by molar-refractivity contribution is -0.0280. The molecular weight excluding hydrogens is 289 g/mol.